The van der Waals surface area contributed by atoms with E-state index in [1.807, 2.05) is 11.3 Å². The molecule has 1 aromatic rings. The van der Waals surface area contributed by atoms with Gasteiger partial charge in [0, 0.05) is 17.1 Å². The molecule has 88 valence electrons. The van der Waals surface area contributed by atoms with Gasteiger partial charge < -0.3 is 5.32 Å². The first-order valence-electron chi connectivity index (χ1n) is 6.49. The van der Waals surface area contributed by atoms with E-state index in [0.717, 1.165) is 6.04 Å². The van der Waals surface area contributed by atoms with E-state index in [1.165, 1.54) is 55.6 Å². The predicted molar refractivity (Wildman–Crippen MR) is 67.8 cm³/mol. The van der Waals surface area contributed by atoms with Crippen LogP contribution in [0.3, 0.4) is 0 Å². The molecule has 1 aromatic heterocycles. The van der Waals surface area contributed by atoms with Gasteiger partial charge in [-0.05, 0) is 32.6 Å². The van der Waals surface area contributed by atoms with Crippen molar-refractivity contribution in [1.29, 1.82) is 0 Å². The Morgan fingerprint density at radius 2 is 2.06 bits per heavy atom. The Kier molecular flexibility index (Phi) is 2.76. The fraction of sp³-hybridized carbons (Fsp3) is 0.769. The van der Waals surface area contributed by atoms with Gasteiger partial charge in [0.05, 0.1) is 5.54 Å². The van der Waals surface area contributed by atoms with E-state index >= 15 is 0 Å². The van der Waals surface area contributed by atoms with Crippen LogP contribution in [-0.2, 0) is 5.54 Å². The van der Waals surface area contributed by atoms with Crippen molar-refractivity contribution in [3.8, 4) is 0 Å². The highest BCUT2D eigenvalue weighted by Gasteiger charge is 2.40. The van der Waals surface area contributed by atoms with E-state index in [1.54, 1.807) is 0 Å². The Labute approximate surface area is 101 Å². The minimum Gasteiger partial charge on any atom is -0.303 e. The van der Waals surface area contributed by atoms with Crippen LogP contribution in [0.25, 0.3) is 0 Å². The highest BCUT2D eigenvalue weighted by Crippen LogP contribution is 2.41. The van der Waals surface area contributed by atoms with Gasteiger partial charge in [-0.1, -0.05) is 19.3 Å². The Balaban J connectivity index is 1.86. The number of hydrogen-bond donors (Lipinski definition) is 1. The fourth-order valence-electron chi connectivity index (χ4n) is 2.77. The summed E-state index contributed by atoms with van der Waals surface area (Å²) in [5.74, 6) is 0. The van der Waals surface area contributed by atoms with Crippen molar-refractivity contribution in [3.63, 3.8) is 0 Å². The molecule has 0 amide bonds. The summed E-state index contributed by atoms with van der Waals surface area (Å²) in [7, 11) is 0. The molecule has 16 heavy (non-hydrogen) atoms. The van der Waals surface area contributed by atoms with E-state index in [2.05, 4.69) is 17.6 Å². The Bertz CT molecular complexity index is 362. The lowest BCUT2D eigenvalue weighted by atomic mass is 9.82. The molecule has 2 aliphatic carbocycles. The second-order valence-electron chi connectivity index (χ2n) is 5.36. The molecule has 2 nitrogen and oxygen atoms in total. The number of hydrogen-bond acceptors (Lipinski definition) is 3. The smallest absolute Gasteiger partial charge is 0.113 e. The largest absolute Gasteiger partial charge is 0.303 e. The summed E-state index contributed by atoms with van der Waals surface area (Å²) in [5.41, 5.74) is 1.42. The van der Waals surface area contributed by atoms with Crippen LogP contribution in [0.4, 0.5) is 0 Å². The van der Waals surface area contributed by atoms with Crippen molar-refractivity contribution in [2.45, 2.75) is 63.5 Å². The molecular formula is C13H20N2S. The molecule has 0 spiro atoms. The fourth-order valence-corrected chi connectivity index (χ4v) is 3.79. The van der Waals surface area contributed by atoms with Crippen LogP contribution in [0.15, 0.2) is 5.38 Å². The maximum atomic E-state index is 4.74. The van der Waals surface area contributed by atoms with Crippen molar-refractivity contribution >= 4 is 11.3 Å². The zero-order valence-electron chi connectivity index (χ0n) is 9.96. The Morgan fingerprint density at radius 3 is 2.62 bits per heavy atom. The summed E-state index contributed by atoms with van der Waals surface area (Å²) < 4.78 is 0. The van der Waals surface area contributed by atoms with E-state index in [0.29, 0.717) is 0 Å². The van der Waals surface area contributed by atoms with E-state index in [-0.39, 0.29) is 5.54 Å². The molecule has 0 bridgehead atoms. The second-order valence-corrected chi connectivity index (χ2v) is 6.21. The van der Waals surface area contributed by atoms with Crippen molar-refractivity contribution in [2.75, 3.05) is 0 Å². The summed E-state index contributed by atoms with van der Waals surface area (Å²) in [6.07, 6.45) is 9.43. The number of aromatic nitrogens is 1. The molecule has 0 atom stereocenters. The van der Waals surface area contributed by atoms with E-state index < -0.39 is 0 Å². The normalized spacial score (nSPS) is 24.6. The van der Waals surface area contributed by atoms with Crippen LogP contribution in [0.5, 0.6) is 0 Å². The molecule has 2 fully saturated rings. The van der Waals surface area contributed by atoms with Gasteiger partial charge in [0.15, 0.2) is 0 Å². The number of rotatable bonds is 3. The van der Waals surface area contributed by atoms with Crippen LogP contribution in [0.1, 0.15) is 55.6 Å². The Morgan fingerprint density at radius 1 is 1.31 bits per heavy atom. The molecule has 2 aliphatic rings. The van der Waals surface area contributed by atoms with Gasteiger partial charge in [-0.3, -0.25) is 0 Å². The molecule has 0 unspecified atom stereocenters. The third-order valence-corrected chi connectivity index (χ3v) is 4.96. The summed E-state index contributed by atoms with van der Waals surface area (Å²) >= 11 is 1.85. The monoisotopic (exact) mass is 236 g/mol. The number of nitrogens with zero attached hydrogens (tertiary/aromatic N) is 1. The lowest BCUT2D eigenvalue weighted by Gasteiger charge is -2.36. The zero-order chi connectivity index (χ0) is 11.0. The van der Waals surface area contributed by atoms with Crippen molar-refractivity contribution in [2.24, 2.45) is 0 Å². The summed E-state index contributed by atoms with van der Waals surface area (Å²) in [6.45, 7) is 2.10. The van der Waals surface area contributed by atoms with Gasteiger partial charge in [0.1, 0.15) is 5.01 Å². The number of aryl methyl sites for hydroxylation is 1. The third kappa shape index (κ3) is 2.03. The first-order valence-corrected chi connectivity index (χ1v) is 7.37. The topological polar surface area (TPSA) is 24.9 Å². The van der Waals surface area contributed by atoms with Gasteiger partial charge in [0.25, 0.3) is 0 Å². The van der Waals surface area contributed by atoms with Gasteiger partial charge >= 0.3 is 0 Å². The van der Waals surface area contributed by atoms with Crippen LogP contribution < -0.4 is 5.32 Å². The average molecular weight is 236 g/mol. The van der Waals surface area contributed by atoms with Gasteiger partial charge in [-0.15, -0.1) is 11.3 Å². The molecule has 2 saturated carbocycles. The quantitative estimate of drug-likeness (QED) is 0.870. The third-order valence-electron chi connectivity index (χ3n) is 3.79. The van der Waals surface area contributed by atoms with Crippen LogP contribution in [0, 0.1) is 6.92 Å². The highest BCUT2D eigenvalue weighted by atomic mass is 32.1. The average Bonchev–Trinajstić information content (AvgIpc) is 2.99. The van der Waals surface area contributed by atoms with Crippen LogP contribution in [-0.4, -0.2) is 11.0 Å². The first-order chi connectivity index (χ1) is 7.78. The van der Waals surface area contributed by atoms with Gasteiger partial charge in [0.2, 0.25) is 0 Å². The Hall–Kier alpha value is -0.410. The molecule has 3 rings (SSSR count). The summed E-state index contributed by atoms with van der Waals surface area (Å²) in [4.78, 5) is 4.74. The zero-order valence-corrected chi connectivity index (χ0v) is 10.8. The van der Waals surface area contributed by atoms with E-state index in [9.17, 15) is 0 Å². The number of thiazole rings is 1. The lowest BCUT2D eigenvalue weighted by Crippen LogP contribution is -2.45. The van der Waals surface area contributed by atoms with E-state index in [4.69, 9.17) is 4.98 Å². The minimum absolute atomic E-state index is 0.234. The van der Waals surface area contributed by atoms with Gasteiger partial charge in [-0.2, -0.15) is 0 Å². The minimum atomic E-state index is 0.234. The van der Waals surface area contributed by atoms with Crippen LogP contribution in [0.2, 0.25) is 0 Å². The summed E-state index contributed by atoms with van der Waals surface area (Å²) in [5, 5.41) is 7.42. The van der Waals surface area contributed by atoms with Crippen molar-refractivity contribution in [1.82, 2.24) is 10.3 Å². The summed E-state index contributed by atoms with van der Waals surface area (Å²) in [6, 6.07) is 0.780. The van der Waals surface area contributed by atoms with Gasteiger partial charge in [-0.25, -0.2) is 4.98 Å². The molecule has 0 aliphatic heterocycles. The molecule has 0 radical (unpaired) electrons. The standard InChI is InChI=1S/C13H20N2S/c1-10-9-16-12(14-10)13(15-11-5-6-11)7-3-2-4-8-13/h9,11,15H,2-8H2,1H3. The molecule has 3 heteroatoms. The lowest BCUT2D eigenvalue weighted by molar-refractivity contribution is 0.230. The molecular weight excluding hydrogens is 216 g/mol. The predicted octanol–water partition coefficient (Wildman–Crippen LogP) is 3.36. The molecule has 1 N–H and O–H groups in total. The maximum Gasteiger partial charge on any atom is 0.113 e. The molecule has 0 aromatic carbocycles. The highest BCUT2D eigenvalue weighted by molar-refractivity contribution is 7.09. The maximum absolute atomic E-state index is 4.74. The molecule has 1 heterocycles. The van der Waals surface area contributed by atoms with Crippen molar-refractivity contribution < 1.29 is 0 Å². The van der Waals surface area contributed by atoms with Crippen LogP contribution >= 0.6 is 11.3 Å². The van der Waals surface area contributed by atoms with Crippen molar-refractivity contribution in [3.05, 3.63) is 16.1 Å². The first kappa shape index (κ1) is 10.7. The molecule has 0 saturated heterocycles. The SMILES string of the molecule is Cc1csc(C2(NC3CC3)CCCCC2)n1. The number of nitrogens with one attached hydrogen (secondary N) is 1. The second kappa shape index (κ2) is 4.11.